The number of methoxy groups -OCH3 is 1. The normalized spacial score (nSPS) is 15.5. The van der Waals surface area contributed by atoms with Gasteiger partial charge in [0.05, 0.1) is 31.4 Å². The Morgan fingerprint density at radius 2 is 1.94 bits per heavy atom. The van der Waals surface area contributed by atoms with Crippen LogP contribution in [0.15, 0.2) is 44.2 Å². The molecule has 36 heavy (non-hydrogen) atoms. The lowest BCUT2D eigenvalue weighted by Gasteiger charge is -2.24. The number of carbonyl (C=O) groups excluding carboxylic acids is 1. The number of H-pyrrole nitrogens is 1. The fraction of sp³-hybridized carbons (Fsp3) is 0.310. The van der Waals surface area contributed by atoms with Gasteiger partial charge in [0.1, 0.15) is 16.9 Å². The second kappa shape index (κ2) is 8.29. The van der Waals surface area contributed by atoms with Crippen molar-refractivity contribution in [1.82, 2.24) is 10.3 Å². The van der Waals surface area contributed by atoms with Crippen molar-refractivity contribution < 1.29 is 18.4 Å². The predicted molar refractivity (Wildman–Crippen MR) is 139 cm³/mol. The average molecular weight is 485 g/mol. The van der Waals surface area contributed by atoms with Crippen LogP contribution >= 0.6 is 0 Å². The lowest BCUT2D eigenvalue weighted by molar-refractivity contribution is -0.121. The van der Waals surface area contributed by atoms with Crippen molar-refractivity contribution in [3.8, 4) is 5.75 Å². The van der Waals surface area contributed by atoms with E-state index >= 15 is 0 Å². The molecule has 7 nitrogen and oxygen atoms in total. The van der Waals surface area contributed by atoms with Crippen LogP contribution in [-0.4, -0.2) is 18.0 Å². The van der Waals surface area contributed by atoms with E-state index in [1.165, 1.54) is 5.56 Å². The maximum Gasteiger partial charge on any atom is 0.340 e. The largest absolute Gasteiger partial charge is 0.497 e. The molecule has 0 bridgehead atoms. The fourth-order valence-corrected chi connectivity index (χ4v) is 5.64. The summed E-state index contributed by atoms with van der Waals surface area (Å²) in [6.45, 7) is 5.75. The number of aryl methyl sites for hydroxylation is 4. The van der Waals surface area contributed by atoms with Gasteiger partial charge in [0, 0.05) is 32.9 Å². The minimum Gasteiger partial charge on any atom is -0.497 e. The smallest absolute Gasteiger partial charge is 0.340 e. The van der Waals surface area contributed by atoms with Gasteiger partial charge in [-0.3, -0.25) is 4.79 Å². The number of nitrogens with one attached hydrogen (secondary N) is 2. The minimum atomic E-state index is -0.483. The summed E-state index contributed by atoms with van der Waals surface area (Å²) in [6, 6.07) is 7.83. The maximum atomic E-state index is 13.2. The van der Waals surface area contributed by atoms with Gasteiger partial charge in [-0.2, -0.15) is 0 Å². The van der Waals surface area contributed by atoms with Crippen LogP contribution in [-0.2, 0) is 17.6 Å². The molecule has 0 radical (unpaired) electrons. The molecule has 7 heteroatoms. The molecular weight excluding hydrogens is 456 g/mol. The topological polar surface area (TPSA) is 97.5 Å². The van der Waals surface area contributed by atoms with E-state index in [9.17, 15) is 9.59 Å². The van der Waals surface area contributed by atoms with E-state index in [1.807, 2.05) is 45.0 Å². The van der Waals surface area contributed by atoms with Gasteiger partial charge in [-0.25, -0.2) is 4.79 Å². The predicted octanol–water partition coefficient (Wildman–Crippen LogP) is 5.69. The highest BCUT2D eigenvalue weighted by Crippen LogP contribution is 2.36. The van der Waals surface area contributed by atoms with Crippen molar-refractivity contribution >= 4 is 38.7 Å². The van der Waals surface area contributed by atoms with Crippen molar-refractivity contribution in [2.45, 2.75) is 52.5 Å². The first-order valence-electron chi connectivity index (χ1n) is 12.3. The Kier molecular flexibility index (Phi) is 5.18. The molecule has 0 fully saturated rings. The summed E-state index contributed by atoms with van der Waals surface area (Å²) >= 11 is 0. The zero-order valence-corrected chi connectivity index (χ0v) is 20.8. The number of hydrogen-bond donors (Lipinski definition) is 2. The van der Waals surface area contributed by atoms with E-state index in [2.05, 4.69) is 10.3 Å². The molecule has 0 unspecified atom stereocenters. The third-order valence-electron chi connectivity index (χ3n) is 7.62. The minimum absolute atomic E-state index is 0.0363. The maximum absolute atomic E-state index is 13.2. The van der Waals surface area contributed by atoms with Gasteiger partial charge >= 0.3 is 5.63 Å². The Morgan fingerprint density at radius 1 is 1.11 bits per heavy atom. The third kappa shape index (κ3) is 3.41. The highest BCUT2D eigenvalue weighted by molar-refractivity contribution is 6.00. The summed E-state index contributed by atoms with van der Waals surface area (Å²) in [5, 5.41) is 6.11. The fourth-order valence-electron chi connectivity index (χ4n) is 5.64. The van der Waals surface area contributed by atoms with Crippen molar-refractivity contribution in [2.24, 2.45) is 0 Å². The first kappa shape index (κ1) is 22.5. The molecule has 3 aromatic heterocycles. The molecule has 184 valence electrons. The van der Waals surface area contributed by atoms with Gasteiger partial charge in [-0.15, -0.1) is 0 Å². The van der Waals surface area contributed by atoms with Crippen LogP contribution in [0.2, 0.25) is 0 Å². The Bertz CT molecular complexity index is 1740. The van der Waals surface area contributed by atoms with Crippen LogP contribution in [0.4, 0.5) is 0 Å². The zero-order valence-electron chi connectivity index (χ0n) is 20.8. The quantitative estimate of drug-likeness (QED) is 0.319. The SMILES string of the molecule is COc1ccc2[nH]c3c(c2c1)CCC[C@@H]3NC(=O)Cc1c(C)c2cc3c(C)coc3c(C)c2oc1=O. The Balaban J connectivity index is 1.32. The van der Waals surface area contributed by atoms with E-state index in [1.54, 1.807) is 13.4 Å². The van der Waals surface area contributed by atoms with Gasteiger partial charge in [-0.1, -0.05) is 0 Å². The van der Waals surface area contributed by atoms with Gasteiger partial charge < -0.3 is 23.9 Å². The van der Waals surface area contributed by atoms with E-state index < -0.39 is 5.63 Å². The van der Waals surface area contributed by atoms with Gasteiger partial charge in [-0.05, 0) is 81.0 Å². The third-order valence-corrected chi connectivity index (χ3v) is 7.62. The molecule has 0 saturated heterocycles. The molecule has 0 aliphatic heterocycles. The molecular formula is C29H28N2O5. The summed E-state index contributed by atoms with van der Waals surface area (Å²) < 4.78 is 16.8. The number of amides is 1. The van der Waals surface area contributed by atoms with Crippen LogP contribution in [0.25, 0.3) is 32.8 Å². The van der Waals surface area contributed by atoms with Crippen molar-refractivity contribution in [3.63, 3.8) is 0 Å². The van der Waals surface area contributed by atoms with Crippen LogP contribution in [0.3, 0.4) is 0 Å². The molecule has 2 aromatic carbocycles. The Hall–Kier alpha value is -4.00. The first-order valence-corrected chi connectivity index (χ1v) is 12.3. The van der Waals surface area contributed by atoms with Crippen molar-refractivity contribution in [2.75, 3.05) is 7.11 Å². The van der Waals surface area contributed by atoms with E-state index in [0.717, 1.165) is 74.7 Å². The second-order valence-corrected chi connectivity index (χ2v) is 9.78. The number of ether oxygens (including phenoxy) is 1. The highest BCUT2D eigenvalue weighted by atomic mass is 16.5. The van der Waals surface area contributed by atoms with Crippen molar-refractivity contribution in [3.05, 3.63) is 74.5 Å². The van der Waals surface area contributed by atoms with Crippen molar-refractivity contribution in [1.29, 1.82) is 0 Å². The average Bonchev–Trinajstić information content (AvgIpc) is 3.43. The van der Waals surface area contributed by atoms with Gasteiger partial charge in [0.15, 0.2) is 0 Å². The Morgan fingerprint density at radius 3 is 2.75 bits per heavy atom. The molecule has 0 saturated carbocycles. The lowest BCUT2D eigenvalue weighted by atomic mass is 9.91. The molecule has 6 rings (SSSR count). The molecule has 1 amide bonds. The zero-order chi connectivity index (χ0) is 25.1. The number of carbonyl (C=O) groups is 1. The number of hydrogen-bond acceptors (Lipinski definition) is 5. The summed E-state index contributed by atoms with van der Waals surface area (Å²) in [5.74, 6) is 0.614. The van der Waals surface area contributed by atoms with Crippen LogP contribution in [0, 0.1) is 20.8 Å². The number of fused-ring (bicyclic) bond motifs is 5. The van der Waals surface area contributed by atoms with Crippen LogP contribution in [0.5, 0.6) is 5.75 Å². The standard InChI is InChI=1S/C29H28N2O5/c1-14-13-35-27-16(3)28-20(11-19(14)27)15(2)21(29(33)36-28)12-25(32)30-24-7-5-6-18-22-10-17(34-4)8-9-23(22)31-26(18)24/h8-11,13,24,31H,5-7,12H2,1-4H3,(H,30,32)/t24-/m0/s1. The molecule has 5 aromatic rings. The molecule has 1 aliphatic carbocycles. The summed E-state index contributed by atoms with van der Waals surface area (Å²) in [7, 11) is 1.66. The highest BCUT2D eigenvalue weighted by Gasteiger charge is 2.27. The number of aromatic amines is 1. The molecule has 2 N–H and O–H groups in total. The Labute approximate surface area is 207 Å². The number of rotatable bonds is 4. The van der Waals surface area contributed by atoms with Crippen LogP contribution in [0.1, 0.15) is 52.4 Å². The number of benzene rings is 2. The summed E-state index contributed by atoms with van der Waals surface area (Å²) in [4.78, 5) is 29.7. The van der Waals surface area contributed by atoms with E-state index in [-0.39, 0.29) is 18.4 Å². The molecule has 3 heterocycles. The lowest BCUT2D eigenvalue weighted by Crippen LogP contribution is -2.33. The van der Waals surface area contributed by atoms with E-state index in [0.29, 0.717) is 11.1 Å². The molecule has 1 aliphatic rings. The molecule has 1 atom stereocenters. The van der Waals surface area contributed by atoms with Crippen LogP contribution < -0.4 is 15.7 Å². The number of furan rings is 1. The van der Waals surface area contributed by atoms with E-state index in [4.69, 9.17) is 13.6 Å². The second-order valence-electron chi connectivity index (χ2n) is 9.78. The summed E-state index contributed by atoms with van der Waals surface area (Å²) in [5.41, 5.74) is 6.99. The van der Waals surface area contributed by atoms with Gasteiger partial charge in [0.25, 0.3) is 0 Å². The first-order chi connectivity index (χ1) is 17.4. The monoisotopic (exact) mass is 484 g/mol. The molecule has 0 spiro atoms. The summed E-state index contributed by atoms with van der Waals surface area (Å²) in [6.07, 6.45) is 4.43. The number of aromatic nitrogens is 1. The van der Waals surface area contributed by atoms with Gasteiger partial charge in [0.2, 0.25) is 5.91 Å².